The summed E-state index contributed by atoms with van der Waals surface area (Å²) in [6.45, 7) is 0.0152. The fourth-order valence-electron chi connectivity index (χ4n) is 2.38. The highest BCUT2D eigenvalue weighted by atomic mass is 16.6. The number of ether oxygens (including phenoxy) is 2. The first-order valence-electron chi connectivity index (χ1n) is 6.89. The Hall–Kier alpha value is -2.68. The summed E-state index contributed by atoms with van der Waals surface area (Å²) in [6.07, 6.45) is 0.126. The molecule has 1 amide bonds. The van der Waals surface area contributed by atoms with Crippen LogP contribution in [0.3, 0.4) is 0 Å². The molecule has 1 aromatic carbocycles. The Morgan fingerprint density at radius 1 is 1.43 bits per heavy atom. The molecule has 0 saturated carbocycles. The van der Waals surface area contributed by atoms with Crippen molar-refractivity contribution in [2.24, 2.45) is 0 Å². The lowest BCUT2D eigenvalue weighted by molar-refractivity contribution is -0.385. The first-order valence-corrected chi connectivity index (χ1v) is 6.89. The molecular formula is C14H16N2O7. The third-order valence-electron chi connectivity index (χ3n) is 3.42. The molecule has 1 fully saturated rings. The Kier molecular flexibility index (Phi) is 5.12. The van der Waals surface area contributed by atoms with Crippen molar-refractivity contribution in [2.75, 3.05) is 19.8 Å². The summed E-state index contributed by atoms with van der Waals surface area (Å²) >= 11 is 0. The van der Waals surface area contributed by atoms with Crippen LogP contribution in [0.1, 0.15) is 12.8 Å². The topological polar surface area (TPSA) is 128 Å². The van der Waals surface area contributed by atoms with E-state index in [1.54, 1.807) is 6.07 Å². The number of nitro benzene ring substituents is 1. The summed E-state index contributed by atoms with van der Waals surface area (Å²) in [4.78, 5) is 33.2. The largest absolute Gasteiger partial charge is 0.481 e. The number of nitrogens with zero attached hydrogens (tertiary/aromatic N) is 1. The zero-order chi connectivity index (χ0) is 16.9. The molecule has 0 spiro atoms. The summed E-state index contributed by atoms with van der Waals surface area (Å²) in [5.41, 5.74) is -1.21. The molecule has 23 heavy (non-hydrogen) atoms. The molecule has 9 heteroatoms. The number of carbonyl (C=O) groups excluding carboxylic acids is 1. The van der Waals surface area contributed by atoms with E-state index in [9.17, 15) is 19.7 Å². The van der Waals surface area contributed by atoms with Crippen molar-refractivity contribution in [1.29, 1.82) is 0 Å². The van der Waals surface area contributed by atoms with E-state index in [4.69, 9.17) is 14.6 Å². The standard InChI is InChI=1S/C14H16N2O7/c17-12(15-14(7-13(18)19)5-6-22-9-14)8-23-11-4-2-1-3-10(11)16(20)21/h1-4H,5-9H2,(H,15,17)(H,18,19). The highest BCUT2D eigenvalue weighted by Crippen LogP contribution is 2.26. The fourth-order valence-corrected chi connectivity index (χ4v) is 2.38. The van der Waals surface area contributed by atoms with Crippen LogP contribution in [0.5, 0.6) is 5.75 Å². The van der Waals surface area contributed by atoms with Gasteiger partial charge in [0.1, 0.15) is 0 Å². The molecule has 2 rings (SSSR count). The van der Waals surface area contributed by atoms with Crippen LogP contribution in [-0.4, -0.2) is 47.3 Å². The average Bonchev–Trinajstić information content (AvgIpc) is 2.92. The molecule has 1 aliphatic rings. The Morgan fingerprint density at radius 3 is 2.78 bits per heavy atom. The predicted molar refractivity (Wildman–Crippen MR) is 77.2 cm³/mol. The summed E-state index contributed by atoms with van der Waals surface area (Å²) in [5.74, 6) is -1.63. The second-order valence-corrected chi connectivity index (χ2v) is 5.22. The molecule has 1 heterocycles. The molecule has 124 valence electrons. The Morgan fingerprint density at radius 2 is 2.17 bits per heavy atom. The maximum atomic E-state index is 12.0. The summed E-state index contributed by atoms with van der Waals surface area (Å²) in [5, 5.41) is 22.4. The van der Waals surface area contributed by atoms with Crippen molar-refractivity contribution in [3.8, 4) is 5.75 Å². The van der Waals surface area contributed by atoms with E-state index >= 15 is 0 Å². The van der Waals surface area contributed by atoms with Crippen molar-refractivity contribution in [1.82, 2.24) is 5.32 Å². The van der Waals surface area contributed by atoms with Crippen LogP contribution < -0.4 is 10.1 Å². The number of aliphatic carboxylic acids is 1. The summed E-state index contributed by atoms with van der Waals surface area (Å²) < 4.78 is 10.3. The first-order chi connectivity index (χ1) is 10.9. The molecule has 0 aromatic heterocycles. The molecule has 0 aliphatic carbocycles. The van der Waals surface area contributed by atoms with Gasteiger partial charge in [0.15, 0.2) is 12.4 Å². The van der Waals surface area contributed by atoms with Crippen LogP contribution >= 0.6 is 0 Å². The van der Waals surface area contributed by atoms with E-state index in [0.717, 1.165) is 0 Å². The van der Waals surface area contributed by atoms with Gasteiger partial charge in [-0.3, -0.25) is 19.7 Å². The van der Waals surface area contributed by atoms with Gasteiger partial charge in [-0.25, -0.2) is 0 Å². The SMILES string of the molecule is O=C(O)CC1(NC(=O)COc2ccccc2[N+](=O)[O-])CCOC1. The van der Waals surface area contributed by atoms with Crippen LogP contribution in [0.15, 0.2) is 24.3 Å². The zero-order valence-corrected chi connectivity index (χ0v) is 12.2. The van der Waals surface area contributed by atoms with E-state index in [1.165, 1.54) is 18.2 Å². The number of hydrogen-bond acceptors (Lipinski definition) is 6. The van der Waals surface area contributed by atoms with Gasteiger partial charge in [-0.1, -0.05) is 12.1 Å². The van der Waals surface area contributed by atoms with Gasteiger partial charge in [-0.2, -0.15) is 0 Å². The first kappa shape index (κ1) is 16.7. The highest BCUT2D eigenvalue weighted by molar-refractivity contribution is 5.80. The molecule has 1 unspecified atom stereocenters. The van der Waals surface area contributed by atoms with E-state index in [0.29, 0.717) is 13.0 Å². The lowest BCUT2D eigenvalue weighted by Crippen LogP contribution is -2.51. The number of rotatable bonds is 7. The number of nitrogens with one attached hydrogen (secondary N) is 1. The Balaban J connectivity index is 1.97. The lowest BCUT2D eigenvalue weighted by Gasteiger charge is -2.26. The van der Waals surface area contributed by atoms with Crippen LogP contribution in [0, 0.1) is 10.1 Å². The van der Waals surface area contributed by atoms with Crippen molar-refractivity contribution in [3.05, 3.63) is 34.4 Å². The number of nitro groups is 1. The number of carboxylic acid groups (broad SMARTS) is 1. The van der Waals surface area contributed by atoms with Gasteiger partial charge < -0.3 is 19.9 Å². The number of benzene rings is 1. The summed E-state index contributed by atoms with van der Waals surface area (Å²) in [7, 11) is 0. The number of carboxylic acids is 1. The lowest BCUT2D eigenvalue weighted by atomic mass is 9.94. The number of carbonyl (C=O) groups is 2. The van der Waals surface area contributed by atoms with Gasteiger partial charge in [0, 0.05) is 12.7 Å². The van der Waals surface area contributed by atoms with Crippen molar-refractivity contribution < 1.29 is 29.1 Å². The smallest absolute Gasteiger partial charge is 0.310 e. The Labute approximate surface area is 131 Å². The van der Waals surface area contributed by atoms with E-state index in [-0.39, 0.29) is 24.5 Å². The van der Waals surface area contributed by atoms with Crippen LogP contribution in [0.4, 0.5) is 5.69 Å². The average molecular weight is 324 g/mol. The van der Waals surface area contributed by atoms with E-state index < -0.39 is 28.9 Å². The third-order valence-corrected chi connectivity index (χ3v) is 3.42. The molecular weight excluding hydrogens is 308 g/mol. The fraction of sp³-hybridized carbons (Fsp3) is 0.429. The molecule has 1 aromatic rings. The van der Waals surface area contributed by atoms with E-state index in [1.807, 2.05) is 0 Å². The van der Waals surface area contributed by atoms with Crippen LogP contribution in [-0.2, 0) is 14.3 Å². The molecule has 1 saturated heterocycles. The van der Waals surface area contributed by atoms with Crippen molar-refractivity contribution in [2.45, 2.75) is 18.4 Å². The second kappa shape index (κ2) is 7.05. The molecule has 2 N–H and O–H groups in total. The maximum Gasteiger partial charge on any atom is 0.310 e. The van der Waals surface area contributed by atoms with Gasteiger partial charge in [0.25, 0.3) is 5.91 Å². The second-order valence-electron chi connectivity index (χ2n) is 5.22. The van der Waals surface area contributed by atoms with Crippen molar-refractivity contribution >= 4 is 17.6 Å². The van der Waals surface area contributed by atoms with Crippen LogP contribution in [0.2, 0.25) is 0 Å². The quantitative estimate of drug-likeness (QED) is 0.558. The monoisotopic (exact) mass is 324 g/mol. The summed E-state index contributed by atoms with van der Waals surface area (Å²) in [6, 6.07) is 5.70. The minimum atomic E-state index is -1.05. The third kappa shape index (κ3) is 4.39. The number of amides is 1. The number of hydrogen-bond donors (Lipinski definition) is 2. The van der Waals surface area contributed by atoms with Gasteiger partial charge in [-0.05, 0) is 12.5 Å². The van der Waals surface area contributed by atoms with Gasteiger partial charge in [0.2, 0.25) is 0 Å². The normalized spacial score (nSPS) is 20.0. The maximum absolute atomic E-state index is 12.0. The highest BCUT2D eigenvalue weighted by Gasteiger charge is 2.38. The Bertz CT molecular complexity index is 611. The molecule has 9 nitrogen and oxygen atoms in total. The number of para-hydroxylation sites is 2. The predicted octanol–water partition coefficient (Wildman–Crippen LogP) is 0.724. The molecule has 0 bridgehead atoms. The van der Waals surface area contributed by atoms with Gasteiger partial charge >= 0.3 is 11.7 Å². The van der Waals surface area contributed by atoms with E-state index in [2.05, 4.69) is 5.32 Å². The molecule has 1 atom stereocenters. The van der Waals surface area contributed by atoms with Gasteiger partial charge in [0.05, 0.1) is 23.5 Å². The minimum Gasteiger partial charge on any atom is -0.481 e. The molecule has 1 aliphatic heterocycles. The van der Waals surface area contributed by atoms with Crippen molar-refractivity contribution in [3.63, 3.8) is 0 Å². The minimum absolute atomic E-state index is 0.0254. The van der Waals surface area contributed by atoms with Crippen LogP contribution in [0.25, 0.3) is 0 Å². The molecule has 0 radical (unpaired) electrons. The zero-order valence-electron chi connectivity index (χ0n) is 12.2. The van der Waals surface area contributed by atoms with Gasteiger partial charge in [-0.15, -0.1) is 0 Å².